The summed E-state index contributed by atoms with van der Waals surface area (Å²) >= 11 is 1.53. The molecule has 0 spiro atoms. The van der Waals surface area contributed by atoms with Crippen LogP contribution in [0.4, 0.5) is 0 Å². The predicted octanol–water partition coefficient (Wildman–Crippen LogP) is 2.30. The van der Waals surface area contributed by atoms with Crippen molar-refractivity contribution in [3.63, 3.8) is 0 Å². The summed E-state index contributed by atoms with van der Waals surface area (Å²) in [6, 6.07) is 0. The number of nitrogens with zero attached hydrogens (tertiary/aromatic N) is 5. The molecule has 1 aliphatic carbocycles. The van der Waals surface area contributed by atoms with Gasteiger partial charge in [-0.15, -0.1) is 11.3 Å². The normalized spacial score (nSPS) is 16.7. The molecule has 0 unspecified atom stereocenters. The predicted molar refractivity (Wildman–Crippen MR) is 84.6 cm³/mol. The van der Waals surface area contributed by atoms with Gasteiger partial charge in [-0.2, -0.15) is 4.98 Å². The van der Waals surface area contributed by atoms with Crippen molar-refractivity contribution in [1.29, 1.82) is 0 Å². The largest absolute Gasteiger partial charge is 0.339 e. The van der Waals surface area contributed by atoms with Gasteiger partial charge >= 0.3 is 0 Å². The highest BCUT2D eigenvalue weighted by Crippen LogP contribution is 2.34. The Labute approximate surface area is 137 Å². The molecule has 23 heavy (non-hydrogen) atoms. The molecule has 0 atom stereocenters. The van der Waals surface area contributed by atoms with E-state index >= 15 is 0 Å². The van der Waals surface area contributed by atoms with Crippen molar-refractivity contribution >= 4 is 11.3 Å². The molecule has 0 amide bonds. The van der Waals surface area contributed by atoms with E-state index in [1.165, 1.54) is 11.3 Å². The molecule has 1 saturated carbocycles. The van der Waals surface area contributed by atoms with Gasteiger partial charge in [-0.1, -0.05) is 18.0 Å². The van der Waals surface area contributed by atoms with Gasteiger partial charge in [0.2, 0.25) is 5.89 Å². The lowest BCUT2D eigenvalue weighted by atomic mass is 9.99. The van der Waals surface area contributed by atoms with Crippen LogP contribution in [0.15, 0.2) is 28.5 Å². The minimum absolute atomic E-state index is 0.422. The zero-order chi connectivity index (χ0) is 15.7. The summed E-state index contributed by atoms with van der Waals surface area (Å²) in [6.45, 7) is 0. The maximum atomic E-state index is 6.35. The molecule has 3 heterocycles. The quantitative estimate of drug-likeness (QED) is 0.783. The first-order chi connectivity index (χ1) is 11.2. The fourth-order valence-corrected chi connectivity index (χ4v) is 3.61. The van der Waals surface area contributed by atoms with Crippen molar-refractivity contribution in [2.75, 3.05) is 0 Å². The summed E-state index contributed by atoms with van der Waals surface area (Å²) in [5, 5.41) is 6.88. The maximum Gasteiger partial charge on any atom is 0.232 e. The lowest BCUT2D eigenvalue weighted by Gasteiger charge is -2.17. The Kier molecular flexibility index (Phi) is 3.62. The second kappa shape index (κ2) is 5.78. The molecule has 0 radical (unpaired) electrons. The highest BCUT2D eigenvalue weighted by Gasteiger charge is 2.35. The first-order valence-electron chi connectivity index (χ1n) is 7.56. The summed E-state index contributed by atoms with van der Waals surface area (Å²) < 4.78 is 5.36. The van der Waals surface area contributed by atoms with Crippen LogP contribution in [0.2, 0.25) is 0 Å². The molecule has 4 rings (SSSR count). The molecule has 3 aromatic rings. The zero-order valence-corrected chi connectivity index (χ0v) is 13.3. The Morgan fingerprint density at radius 3 is 2.87 bits per heavy atom. The Morgan fingerprint density at radius 1 is 1.22 bits per heavy atom. The van der Waals surface area contributed by atoms with Gasteiger partial charge in [0.1, 0.15) is 10.7 Å². The van der Waals surface area contributed by atoms with Crippen LogP contribution in [-0.2, 0) is 12.0 Å². The van der Waals surface area contributed by atoms with Crippen LogP contribution >= 0.6 is 11.3 Å². The van der Waals surface area contributed by atoms with Gasteiger partial charge in [-0.3, -0.25) is 9.97 Å². The highest BCUT2D eigenvalue weighted by molar-refractivity contribution is 7.13. The Balaban J connectivity index is 1.51. The molecule has 0 aliphatic heterocycles. The number of nitrogens with two attached hydrogens (primary N) is 1. The second-order valence-corrected chi connectivity index (χ2v) is 6.64. The van der Waals surface area contributed by atoms with Crippen LogP contribution in [0.25, 0.3) is 10.7 Å². The highest BCUT2D eigenvalue weighted by atomic mass is 32.1. The number of thiazole rings is 1. The topological polar surface area (TPSA) is 104 Å². The monoisotopic (exact) mass is 328 g/mol. The third-order valence-electron chi connectivity index (χ3n) is 4.08. The third kappa shape index (κ3) is 2.87. The number of hydrogen-bond donors (Lipinski definition) is 1. The van der Waals surface area contributed by atoms with Crippen molar-refractivity contribution in [3.8, 4) is 10.7 Å². The molecule has 7 nitrogen and oxygen atoms in total. The minimum Gasteiger partial charge on any atom is -0.339 e. The van der Waals surface area contributed by atoms with Gasteiger partial charge < -0.3 is 10.3 Å². The summed E-state index contributed by atoms with van der Waals surface area (Å²) in [5.41, 5.74) is 7.58. The zero-order valence-electron chi connectivity index (χ0n) is 12.5. The second-order valence-electron chi connectivity index (χ2n) is 5.79. The van der Waals surface area contributed by atoms with Crippen LogP contribution in [0.5, 0.6) is 0 Å². The molecule has 3 aromatic heterocycles. The van der Waals surface area contributed by atoms with E-state index in [-0.39, 0.29) is 0 Å². The van der Waals surface area contributed by atoms with E-state index in [2.05, 4.69) is 25.1 Å². The molecule has 118 valence electrons. The fraction of sp³-hybridized carbons (Fsp3) is 0.400. The molecule has 0 bridgehead atoms. The molecule has 1 fully saturated rings. The number of hydrogen-bond acceptors (Lipinski definition) is 8. The smallest absolute Gasteiger partial charge is 0.232 e. The molecule has 2 N–H and O–H groups in total. The average Bonchev–Trinajstić information content (AvgIpc) is 3.30. The van der Waals surface area contributed by atoms with Gasteiger partial charge in [-0.05, 0) is 12.8 Å². The van der Waals surface area contributed by atoms with E-state index in [4.69, 9.17) is 10.3 Å². The van der Waals surface area contributed by atoms with Gasteiger partial charge in [0, 0.05) is 17.8 Å². The lowest BCUT2D eigenvalue weighted by molar-refractivity contribution is 0.352. The van der Waals surface area contributed by atoms with Gasteiger partial charge in [0.15, 0.2) is 5.82 Å². The molecular weight excluding hydrogens is 312 g/mol. The van der Waals surface area contributed by atoms with Crippen LogP contribution in [0.3, 0.4) is 0 Å². The van der Waals surface area contributed by atoms with Crippen LogP contribution < -0.4 is 5.73 Å². The van der Waals surface area contributed by atoms with E-state index in [0.29, 0.717) is 18.1 Å². The number of aromatic nitrogens is 5. The molecular formula is C15H16N6OS. The lowest BCUT2D eigenvalue weighted by Crippen LogP contribution is -2.34. The Bertz CT molecular complexity index is 793. The first-order valence-corrected chi connectivity index (χ1v) is 8.44. The summed E-state index contributed by atoms with van der Waals surface area (Å²) in [4.78, 5) is 17.3. The van der Waals surface area contributed by atoms with Gasteiger partial charge in [0.05, 0.1) is 23.9 Å². The standard InChI is InChI=1S/C15H16N6OS/c16-15(3-1-2-4-15)14-20-12(22-21-14)7-10-9-23-13(19-10)11-8-17-5-6-18-11/h5-6,8-9H,1-4,7,16H2. The average molecular weight is 328 g/mol. The van der Waals surface area contributed by atoms with Crippen LogP contribution in [-0.4, -0.2) is 25.1 Å². The van der Waals surface area contributed by atoms with Gasteiger partial charge in [0.25, 0.3) is 0 Å². The number of rotatable bonds is 4. The van der Waals surface area contributed by atoms with E-state index < -0.39 is 5.54 Å². The van der Waals surface area contributed by atoms with Gasteiger partial charge in [-0.25, -0.2) is 4.98 Å². The van der Waals surface area contributed by atoms with Crippen molar-refractivity contribution in [3.05, 3.63) is 41.4 Å². The molecule has 0 aromatic carbocycles. The van der Waals surface area contributed by atoms with Crippen molar-refractivity contribution in [1.82, 2.24) is 25.1 Å². The molecule has 0 saturated heterocycles. The van der Waals surface area contributed by atoms with E-state index in [0.717, 1.165) is 42.1 Å². The summed E-state index contributed by atoms with van der Waals surface area (Å²) in [6.07, 6.45) is 9.57. The van der Waals surface area contributed by atoms with E-state index in [1.807, 2.05) is 5.38 Å². The van der Waals surface area contributed by atoms with E-state index in [9.17, 15) is 0 Å². The van der Waals surface area contributed by atoms with Crippen molar-refractivity contribution in [2.45, 2.75) is 37.6 Å². The molecule has 8 heteroatoms. The van der Waals surface area contributed by atoms with Crippen molar-refractivity contribution < 1.29 is 4.52 Å². The summed E-state index contributed by atoms with van der Waals surface area (Å²) in [7, 11) is 0. The fourth-order valence-electron chi connectivity index (χ4n) is 2.83. The van der Waals surface area contributed by atoms with Crippen LogP contribution in [0, 0.1) is 0 Å². The Hall–Kier alpha value is -2.19. The van der Waals surface area contributed by atoms with Crippen LogP contribution in [0.1, 0.15) is 43.1 Å². The first kappa shape index (κ1) is 14.4. The molecule has 1 aliphatic rings. The minimum atomic E-state index is -0.422. The third-order valence-corrected chi connectivity index (χ3v) is 4.99. The Morgan fingerprint density at radius 2 is 2.09 bits per heavy atom. The van der Waals surface area contributed by atoms with Crippen molar-refractivity contribution in [2.24, 2.45) is 5.73 Å². The maximum absolute atomic E-state index is 6.35. The SMILES string of the molecule is NC1(c2noc(Cc3csc(-c4cnccn4)n3)n2)CCCC1. The summed E-state index contributed by atoms with van der Waals surface area (Å²) in [5.74, 6) is 1.17. The van der Waals surface area contributed by atoms with E-state index in [1.54, 1.807) is 18.6 Å².